The highest BCUT2D eigenvalue weighted by atomic mass is 19.1. The van der Waals surface area contributed by atoms with Crippen LogP contribution in [0.15, 0.2) is 24.3 Å². The third kappa shape index (κ3) is 4.04. The standard InChI is InChI=1S/C16H22FNO2/c1-2-20-16(19)11-15(13-7-9-18-10-8-13)12-3-5-14(17)6-4-12/h3-6,13,15,18H,2,7-11H2,1H3/t15-/m1/s1. The zero-order valence-electron chi connectivity index (χ0n) is 11.9. The van der Waals surface area contributed by atoms with E-state index in [9.17, 15) is 9.18 Å². The molecular weight excluding hydrogens is 257 g/mol. The summed E-state index contributed by atoms with van der Waals surface area (Å²) in [7, 11) is 0. The first-order chi connectivity index (χ1) is 9.70. The smallest absolute Gasteiger partial charge is 0.306 e. The van der Waals surface area contributed by atoms with Crippen LogP contribution in [0.2, 0.25) is 0 Å². The van der Waals surface area contributed by atoms with Gasteiger partial charge in [0, 0.05) is 0 Å². The largest absolute Gasteiger partial charge is 0.466 e. The Bertz CT molecular complexity index is 427. The Morgan fingerprint density at radius 3 is 2.60 bits per heavy atom. The van der Waals surface area contributed by atoms with Crippen LogP contribution in [-0.4, -0.2) is 25.7 Å². The highest BCUT2D eigenvalue weighted by molar-refractivity contribution is 5.70. The van der Waals surface area contributed by atoms with Gasteiger partial charge in [-0.25, -0.2) is 4.39 Å². The van der Waals surface area contributed by atoms with Crippen molar-refractivity contribution in [3.8, 4) is 0 Å². The van der Waals surface area contributed by atoms with E-state index in [1.165, 1.54) is 12.1 Å². The van der Waals surface area contributed by atoms with Crippen molar-refractivity contribution in [2.75, 3.05) is 19.7 Å². The van der Waals surface area contributed by atoms with Crippen molar-refractivity contribution < 1.29 is 13.9 Å². The fraction of sp³-hybridized carbons (Fsp3) is 0.562. The molecule has 1 aliphatic rings. The lowest BCUT2D eigenvalue weighted by Gasteiger charge is -2.30. The number of esters is 1. The van der Waals surface area contributed by atoms with Crippen molar-refractivity contribution in [2.24, 2.45) is 5.92 Å². The SMILES string of the molecule is CCOC(=O)C[C@H](c1ccc(F)cc1)C1CCNCC1. The molecule has 1 aliphatic heterocycles. The fourth-order valence-electron chi connectivity index (χ4n) is 2.91. The Kier molecular flexibility index (Phi) is 5.53. The van der Waals surface area contributed by atoms with Crippen LogP contribution in [0.4, 0.5) is 4.39 Å². The Balaban J connectivity index is 2.13. The van der Waals surface area contributed by atoms with Gasteiger partial charge in [-0.15, -0.1) is 0 Å². The summed E-state index contributed by atoms with van der Waals surface area (Å²) in [6.07, 6.45) is 2.47. The first-order valence-corrected chi connectivity index (χ1v) is 7.32. The van der Waals surface area contributed by atoms with Crippen LogP contribution in [0, 0.1) is 11.7 Å². The van der Waals surface area contributed by atoms with Crippen molar-refractivity contribution in [1.29, 1.82) is 0 Å². The molecule has 1 N–H and O–H groups in total. The monoisotopic (exact) mass is 279 g/mol. The van der Waals surface area contributed by atoms with Crippen LogP contribution in [0.5, 0.6) is 0 Å². The summed E-state index contributed by atoms with van der Waals surface area (Å²) in [6, 6.07) is 6.52. The van der Waals surface area contributed by atoms with E-state index in [2.05, 4.69) is 5.32 Å². The number of carbonyl (C=O) groups is 1. The number of piperidine rings is 1. The van der Waals surface area contributed by atoms with Crippen LogP contribution >= 0.6 is 0 Å². The summed E-state index contributed by atoms with van der Waals surface area (Å²) in [6.45, 7) is 4.17. The van der Waals surface area contributed by atoms with Gasteiger partial charge in [-0.2, -0.15) is 0 Å². The number of carbonyl (C=O) groups excluding carboxylic acids is 1. The van der Waals surface area contributed by atoms with Crippen molar-refractivity contribution in [3.63, 3.8) is 0 Å². The number of hydrogen-bond donors (Lipinski definition) is 1. The molecule has 110 valence electrons. The van der Waals surface area contributed by atoms with E-state index in [4.69, 9.17) is 4.74 Å². The molecule has 0 amide bonds. The number of halogens is 1. The maximum atomic E-state index is 13.1. The van der Waals surface area contributed by atoms with E-state index in [0.717, 1.165) is 31.5 Å². The van der Waals surface area contributed by atoms with Gasteiger partial charge in [0.1, 0.15) is 5.82 Å². The fourth-order valence-corrected chi connectivity index (χ4v) is 2.91. The quantitative estimate of drug-likeness (QED) is 0.842. The normalized spacial score (nSPS) is 17.7. The van der Waals surface area contributed by atoms with Crippen molar-refractivity contribution in [2.45, 2.75) is 32.1 Å². The van der Waals surface area contributed by atoms with Crippen LogP contribution in [0.1, 0.15) is 37.7 Å². The molecule has 0 aliphatic carbocycles. The first-order valence-electron chi connectivity index (χ1n) is 7.32. The van der Waals surface area contributed by atoms with Crippen molar-refractivity contribution in [3.05, 3.63) is 35.6 Å². The van der Waals surface area contributed by atoms with Gasteiger partial charge in [-0.1, -0.05) is 12.1 Å². The Labute approximate surface area is 119 Å². The number of benzene rings is 1. The molecular formula is C16H22FNO2. The minimum atomic E-state index is -0.242. The predicted molar refractivity (Wildman–Crippen MR) is 76.0 cm³/mol. The van der Waals surface area contributed by atoms with Crippen LogP contribution in [0.3, 0.4) is 0 Å². The number of ether oxygens (including phenoxy) is 1. The van der Waals surface area contributed by atoms with Gasteiger partial charge in [0.15, 0.2) is 0 Å². The van der Waals surface area contributed by atoms with Gasteiger partial charge in [-0.05, 0) is 62.4 Å². The van der Waals surface area contributed by atoms with Crippen LogP contribution in [0.25, 0.3) is 0 Å². The number of rotatable bonds is 5. The lowest BCUT2D eigenvalue weighted by molar-refractivity contribution is -0.143. The lowest BCUT2D eigenvalue weighted by atomic mass is 9.78. The zero-order chi connectivity index (χ0) is 14.4. The van der Waals surface area contributed by atoms with E-state index >= 15 is 0 Å². The van der Waals surface area contributed by atoms with Gasteiger partial charge in [0.05, 0.1) is 13.0 Å². The van der Waals surface area contributed by atoms with Gasteiger partial charge < -0.3 is 10.1 Å². The maximum absolute atomic E-state index is 13.1. The second kappa shape index (κ2) is 7.39. The number of nitrogens with one attached hydrogen (secondary N) is 1. The topological polar surface area (TPSA) is 38.3 Å². The van der Waals surface area contributed by atoms with E-state index in [-0.39, 0.29) is 17.7 Å². The van der Waals surface area contributed by atoms with E-state index in [1.54, 1.807) is 12.1 Å². The molecule has 1 saturated heterocycles. The summed E-state index contributed by atoms with van der Waals surface area (Å²) in [5.74, 6) is 0.164. The van der Waals surface area contributed by atoms with E-state index in [0.29, 0.717) is 18.9 Å². The minimum absolute atomic E-state index is 0.122. The molecule has 1 aromatic carbocycles. The Hall–Kier alpha value is -1.42. The van der Waals surface area contributed by atoms with Crippen LogP contribution < -0.4 is 5.32 Å². The van der Waals surface area contributed by atoms with Crippen molar-refractivity contribution in [1.82, 2.24) is 5.32 Å². The third-order valence-corrected chi connectivity index (χ3v) is 3.94. The molecule has 0 bridgehead atoms. The molecule has 1 fully saturated rings. The molecule has 2 rings (SSSR count). The molecule has 4 heteroatoms. The minimum Gasteiger partial charge on any atom is -0.466 e. The molecule has 1 aromatic rings. The van der Waals surface area contributed by atoms with E-state index < -0.39 is 0 Å². The molecule has 1 heterocycles. The first kappa shape index (κ1) is 15.0. The van der Waals surface area contributed by atoms with Gasteiger partial charge in [0.25, 0.3) is 0 Å². The lowest BCUT2D eigenvalue weighted by Crippen LogP contribution is -2.31. The Morgan fingerprint density at radius 1 is 1.35 bits per heavy atom. The van der Waals surface area contributed by atoms with Gasteiger partial charge in [0.2, 0.25) is 0 Å². The summed E-state index contributed by atoms with van der Waals surface area (Å²) in [5.41, 5.74) is 1.03. The third-order valence-electron chi connectivity index (χ3n) is 3.94. The molecule has 3 nitrogen and oxygen atoms in total. The highest BCUT2D eigenvalue weighted by Gasteiger charge is 2.27. The molecule has 1 atom stereocenters. The zero-order valence-corrected chi connectivity index (χ0v) is 11.9. The molecule has 0 saturated carbocycles. The summed E-state index contributed by atoms with van der Waals surface area (Å²) in [5, 5.41) is 3.33. The maximum Gasteiger partial charge on any atom is 0.306 e. The number of hydrogen-bond acceptors (Lipinski definition) is 3. The Morgan fingerprint density at radius 2 is 2.00 bits per heavy atom. The van der Waals surface area contributed by atoms with Crippen molar-refractivity contribution >= 4 is 5.97 Å². The molecule has 0 unspecified atom stereocenters. The molecule has 20 heavy (non-hydrogen) atoms. The summed E-state index contributed by atoms with van der Waals surface area (Å²) >= 11 is 0. The predicted octanol–water partition coefficient (Wildman–Crippen LogP) is 2.86. The van der Waals surface area contributed by atoms with Crippen LogP contribution in [-0.2, 0) is 9.53 Å². The van der Waals surface area contributed by atoms with Gasteiger partial charge in [-0.3, -0.25) is 4.79 Å². The average Bonchev–Trinajstić information content (AvgIpc) is 2.47. The van der Waals surface area contributed by atoms with Gasteiger partial charge >= 0.3 is 5.97 Å². The highest BCUT2D eigenvalue weighted by Crippen LogP contribution is 2.34. The molecule has 0 aromatic heterocycles. The molecule has 0 spiro atoms. The summed E-state index contributed by atoms with van der Waals surface area (Å²) in [4.78, 5) is 11.8. The average molecular weight is 279 g/mol. The summed E-state index contributed by atoms with van der Waals surface area (Å²) < 4.78 is 18.2. The second-order valence-electron chi connectivity index (χ2n) is 5.25. The van der Waals surface area contributed by atoms with E-state index in [1.807, 2.05) is 6.92 Å². The molecule has 0 radical (unpaired) electrons. The second-order valence-corrected chi connectivity index (χ2v) is 5.25.